The number of carbonyl (C=O) groups excluding carboxylic acids is 2. The topological polar surface area (TPSA) is 72.6 Å². The second-order valence-electron chi connectivity index (χ2n) is 5.83. The normalized spacial score (nSPS) is 13.6. The molecule has 0 N–H and O–H groups in total. The van der Waals surface area contributed by atoms with Crippen LogP contribution in [0.2, 0.25) is 0 Å². The quantitative estimate of drug-likeness (QED) is 0.494. The molecule has 4 rings (SSSR count). The molecular weight excluding hydrogens is 372 g/mol. The molecule has 1 aromatic carbocycles. The van der Waals surface area contributed by atoms with Gasteiger partial charge in [0.05, 0.1) is 0 Å². The van der Waals surface area contributed by atoms with E-state index in [-0.39, 0.29) is 18.3 Å². The number of esters is 1. The van der Waals surface area contributed by atoms with Crippen LogP contribution in [-0.4, -0.2) is 40.7 Å². The SMILES string of the molecule is O=C(CSc1nc2ccccc2o1)OCC(=O)N1CCc2sccc2C1. The van der Waals surface area contributed by atoms with Gasteiger partial charge in [-0.3, -0.25) is 9.59 Å². The summed E-state index contributed by atoms with van der Waals surface area (Å²) in [6, 6.07) is 9.45. The van der Waals surface area contributed by atoms with Gasteiger partial charge in [0.15, 0.2) is 12.2 Å². The predicted molar refractivity (Wildman–Crippen MR) is 99.1 cm³/mol. The fourth-order valence-electron chi connectivity index (χ4n) is 2.77. The minimum absolute atomic E-state index is 0.0504. The van der Waals surface area contributed by atoms with Crippen molar-refractivity contribution in [3.63, 3.8) is 0 Å². The summed E-state index contributed by atoms with van der Waals surface area (Å²) in [5, 5.41) is 2.46. The number of fused-ring (bicyclic) bond motifs is 2. The van der Waals surface area contributed by atoms with Gasteiger partial charge in [-0.15, -0.1) is 11.3 Å². The number of nitrogens with zero attached hydrogens (tertiary/aromatic N) is 2. The van der Waals surface area contributed by atoms with E-state index in [4.69, 9.17) is 9.15 Å². The van der Waals surface area contributed by atoms with E-state index in [0.29, 0.717) is 23.9 Å². The molecule has 2 aromatic heterocycles. The summed E-state index contributed by atoms with van der Waals surface area (Å²) in [5.41, 5.74) is 2.61. The van der Waals surface area contributed by atoms with Gasteiger partial charge in [0.1, 0.15) is 11.3 Å². The third kappa shape index (κ3) is 3.76. The number of rotatable bonds is 5. The number of oxazole rings is 1. The maximum absolute atomic E-state index is 12.2. The van der Waals surface area contributed by atoms with Crippen LogP contribution in [-0.2, 0) is 27.3 Å². The minimum Gasteiger partial charge on any atom is -0.455 e. The Labute approximate surface area is 158 Å². The van der Waals surface area contributed by atoms with Gasteiger partial charge in [0, 0.05) is 18.0 Å². The zero-order valence-corrected chi connectivity index (χ0v) is 15.5. The standard InChI is InChI=1S/C18H16N2O4S2/c21-16(20-7-5-15-12(9-20)6-8-25-15)10-23-17(22)11-26-18-19-13-3-1-2-4-14(13)24-18/h1-4,6,8H,5,7,9-11H2. The first-order valence-corrected chi connectivity index (χ1v) is 10.0. The lowest BCUT2D eigenvalue weighted by molar-refractivity contribution is -0.150. The molecule has 0 saturated heterocycles. The Kier molecular flexibility index (Phi) is 4.94. The molecule has 1 aliphatic heterocycles. The summed E-state index contributed by atoms with van der Waals surface area (Å²) in [6.45, 7) is 1.03. The van der Waals surface area contributed by atoms with Crippen molar-refractivity contribution in [2.75, 3.05) is 18.9 Å². The summed E-state index contributed by atoms with van der Waals surface area (Å²) in [7, 11) is 0. The third-order valence-corrected chi connectivity index (χ3v) is 5.93. The van der Waals surface area contributed by atoms with E-state index < -0.39 is 5.97 Å². The highest BCUT2D eigenvalue weighted by atomic mass is 32.2. The van der Waals surface area contributed by atoms with Gasteiger partial charge in [-0.05, 0) is 35.6 Å². The average Bonchev–Trinajstić information content (AvgIpc) is 3.29. The number of amides is 1. The summed E-state index contributed by atoms with van der Waals surface area (Å²) < 4.78 is 10.6. The second-order valence-corrected chi connectivity index (χ2v) is 7.76. The van der Waals surface area contributed by atoms with E-state index in [1.165, 1.54) is 10.4 Å². The van der Waals surface area contributed by atoms with Gasteiger partial charge in [-0.2, -0.15) is 0 Å². The van der Waals surface area contributed by atoms with Crippen LogP contribution < -0.4 is 0 Å². The van der Waals surface area contributed by atoms with Crippen molar-refractivity contribution in [1.82, 2.24) is 9.88 Å². The fraction of sp³-hybridized carbons (Fsp3) is 0.278. The van der Waals surface area contributed by atoms with Crippen molar-refractivity contribution in [3.05, 3.63) is 46.2 Å². The molecule has 3 heterocycles. The van der Waals surface area contributed by atoms with E-state index in [2.05, 4.69) is 4.98 Å². The Morgan fingerprint density at radius 1 is 1.31 bits per heavy atom. The molecule has 1 aliphatic rings. The summed E-state index contributed by atoms with van der Waals surface area (Å²) in [6.07, 6.45) is 0.861. The van der Waals surface area contributed by atoms with E-state index in [1.54, 1.807) is 16.2 Å². The molecule has 0 unspecified atom stereocenters. The van der Waals surface area contributed by atoms with Crippen LogP contribution >= 0.6 is 23.1 Å². The first-order valence-electron chi connectivity index (χ1n) is 8.16. The number of ether oxygens (including phenoxy) is 1. The molecular formula is C18H16N2O4S2. The minimum atomic E-state index is -0.459. The number of aromatic nitrogens is 1. The van der Waals surface area contributed by atoms with E-state index in [1.807, 2.05) is 35.7 Å². The van der Waals surface area contributed by atoms with E-state index >= 15 is 0 Å². The van der Waals surface area contributed by atoms with Gasteiger partial charge < -0.3 is 14.1 Å². The Bertz CT molecular complexity index is 916. The van der Waals surface area contributed by atoms with Crippen molar-refractivity contribution >= 4 is 46.1 Å². The van der Waals surface area contributed by atoms with Crippen LogP contribution in [0.15, 0.2) is 45.4 Å². The molecule has 0 saturated carbocycles. The molecule has 0 aliphatic carbocycles. The molecule has 0 radical (unpaired) electrons. The number of thioether (sulfide) groups is 1. The lowest BCUT2D eigenvalue weighted by Crippen LogP contribution is -2.38. The molecule has 8 heteroatoms. The Morgan fingerprint density at radius 3 is 3.08 bits per heavy atom. The number of hydrogen-bond acceptors (Lipinski definition) is 7. The van der Waals surface area contributed by atoms with Crippen molar-refractivity contribution in [2.45, 2.75) is 18.2 Å². The highest BCUT2D eigenvalue weighted by Crippen LogP contribution is 2.24. The monoisotopic (exact) mass is 388 g/mol. The average molecular weight is 388 g/mol. The summed E-state index contributed by atoms with van der Waals surface area (Å²) in [5.74, 6) is -0.574. The smallest absolute Gasteiger partial charge is 0.316 e. The Hall–Kier alpha value is -2.32. The lowest BCUT2D eigenvalue weighted by Gasteiger charge is -2.26. The largest absolute Gasteiger partial charge is 0.455 e. The molecule has 0 bridgehead atoms. The van der Waals surface area contributed by atoms with E-state index in [9.17, 15) is 9.59 Å². The van der Waals surface area contributed by atoms with Crippen molar-refractivity contribution in [3.8, 4) is 0 Å². The van der Waals surface area contributed by atoms with Crippen LogP contribution in [0, 0.1) is 0 Å². The lowest BCUT2D eigenvalue weighted by atomic mass is 10.1. The molecule has 1 amide bonds. The predicted octanol–water partition coefficient (Wildman–Crippen LogP) is 3.11. The maximum atomic E-state index is 12.2. The van der Waals surface area contributed by atoms with Crippen molar-refractivity contribution < 1.29 is 18.7 Å². The number of hydrogen-bond donors (Lipinski definition) is 0. The van der Waals surface area contributed by atoms with E-state index in [0.717, 1.165) is 23.7 Å². The molecule has 0 spiro atoms. The van der Waals surface area contributed by atoms with Crippen molar-refractivity contribution in [2.24, 2.45) is 0 Å². The first-order chi connectivity index (χ1) is 12.7. The van der Waals surface area contributed by atoms with Gasteiger partial charge in [0.25, 0.3) is 11.1 Å². The molecule has 6 nitrogen and oxygen atoms in total. The third-order valence-electron chi connectivity index (χ3n) is 4.10. The summed E-state index contributed by atoms with van der Waals surface area (Å²) >= 11 is 2.88. The highest BCUT2D eigenvalue weighted by Gasteiger charge is 2.22. The molecule has 0 atom stereocenters. The molecule has 134 valence electrons. The van der Waals surface area contributed by atoms with Gasteiger partial charge in [0.2, 0.25) is 0 Å². The maximum Gasteiger partial charge on any atom is 0.316 e. The molecule has 26 heavy (non-hydrogen) atoms. The van der Waals surface area contributed by atoms with Gasteiger partial charge in [-0.1, -0.05) is 23.9 Å². The zero-order chi connectivity index (χ0) is 17.9. The number of benzene rings is 1. The van der Waals surface area contributed by atoms with Gasteiger partial charge >= 0.3 is 5.97 Å². The van der Waals surface area contributed by atoms with Crippen LogP contribution in [0.25, 0.3) is 11.1 Å². The number of carbonyl (C=O) groups is 2. The Morgan fingerprint density at radius 2 is 2.19 bits per heavy atom. The van der Waals surface area contributed by atoms with Crippen LogP contribution in [0.3, 0.4) is 0 Å². The van der Waals surface area contributed by atoms with Gasteiger partial charge in [-0.25, -0.2) is 4.98 Å². The fourth-order valence-corrected chi connectivity index (χ4v) is 4.30. The molecule has 0 fully saturated rings. The summed E-state index contributed by atoms with van der Waals surface area (Å²) in [4.78, 5) is 31.5. The first kappa shape index (κ1) is 17.1. The van der Waals surface area contributed by atoms with Crippen LogP contribution in [0.4, 0.5) is 0 Å². The van der Waals surface area contributed by atoms with Crippen LogP contribution in [0.5, 0.6) is 0 Å². The molecule has 3 aromatic rings. The number of thiophene rings is 1. The Balaban J connectivity index is 1.24. The van der Waals surface area contributed by atoms with Crippen molar-refractivity contribution in [1.29, 1.82) is 0 Å². The second kappa shape index (κ2) is 7.51. The van der Waals surface area contributed by atoms with Crippen LogP contribution in [0.1, 0.15) is 10.4 Å². The number of para-hydroxylation sites is 2. The zero-order valence-electron chi connectivity index (χ0n) is 13.8. The highest BCUT2D eigenvalue weighted by molar-refractivity contribution is 7.99.